The van der Waals surface area contributed by atoms with Gasteiger partial charge < -0.3 is 9.47 Å². The van der Waals surface area contributed by atoms with Gasteiger partial charge in [0.05, 0.1) is 13.2 Å². The molecule has 136 valence electrons. The van der Waals surface area contributed by atoms with Gasteiger partial charge in [0.15, 0.2) is 0 Å². The second-order valence-electron chi connectivity index (χ2n) is 6.36. The fourth-order valence-corrected chi connectivity index (χ4v) is 2.66. The second kappa shape index (κ2) is 15.0. The van der Waals surface area contributed by atoms with Crippen molar-refractivity contribution in [1.29, 1.82) is 0 Å². The first kappa shape index (κ1) is 20.5. The third-order valence-electron chi connectivity index (χ3n) is 4.14. The third kappa shape index (κ3) is 12.0. The van der Waals surface area contributed by atoms with Crippen LogP contribution in [-0.4, -0.2) is 19.4 Å². The Morgan fingerprint density at radius 3 is 1.92 bits per heavy atom. The van der Waals surface area contributed by atoms with E-state index in [-0.39, 0.29) is 0 Å². The van der Waals surface area contributed by atoms with Crippen molar-refractivity contribution in [1.82, 2.24) is 0 Å². The highest BCUT2D eigenvalue weighted by atomic mass is 16.7. The fourth-order valence-electron chi connectivity index (χ4n) is 2.66. The van der Waals surface area contributed by atoms with Gasteiger partial charge in [0.1, 0.15) is 0 Å². The van der Waals surface area contributed by atoms with E-state index in [1.54, 1.807) is 0 Å². The summed E-state index contributed by atoms with van der Waals surface area (Å²) >= 11 is 0. The van der Waals surface area contributed by atoms with E-state index in [0.29, 0.717) is 13.2 Å². The second-order valence-corrected chi connectivity index (χ2v) is 6.36. The molecule has 0 aromatic heterocycles. The Kier molecular flexibility index (Phi) is 12.9. The molecule has 3 nitrogen and oxygen atoms in total. The molecule has 1 aromatic carbocycles. The van der Waals surface area contributed by atoms with Crippen molar-refractivity contribution in [2.75, 3.05) is 13.2 Å². The summed E-state index contributed by atoms with van der Waals surface area (Å²) in [5.74, 6) is 0. The molecule has 0 saturated carbocycles. The molecule has 1 aromatic rings. The predicted octanol–water partition coefficient (Wildman–Crippen LogP) is 6.30. The molecule has 0 N–H and O–H groups in total. The Bertz CT molecular complexity index is 403. The number of carbonyl (C=O) groups excluding carboxylic acids is 1. The Morgan fingerprint density at radius 2 is 1.29 bits per heavy atom. The summed E-state index contributed by atoms with van der Waals surface area (Å²) in [7, 11) is 0. The van der Waals surface area contributed by atoms with Crippen LogP contribution in [0.4, 0.5) is 4.79 Å². The van der Waals surface area contributed by atoms with Crippen LogP contribution < -0.4 is 0 Å². The summed E-state index contributed by atoms with van der Waals surface area (Å²) < 4.78 is 10.0. The maximum atomic E-state index is 11.3. The Balaban J connectivity index is 1.79. The van der Waals surface area contributed by atoms with Crippen molar-refractivity contribution in [3.8, 4) is 0 Å². The summed E-state index contributed by atoms with van der Waals surface area (Å²) in [6.07, 6.45) is 12.3. The van der Waals surface area contributed by atoms with E-state index < -0.39 is 6.16 Å². The van der Waals surface area contributed by atoms with Crippen molar-refractivity contribution in [3.05, 3.63) is 35.9 Å². The van der Waals surface area contributed by atoms with Crippen LogP contribution in [0.15, 0.2) is 30.3 Å². The van der Waals surface area contributed by atoms with Gasteiger partial charge in [-0.1, -0.05) is 82.2 Å². The molecule has 0 radical (unpaired) electrons. The number of hydrogen-bond acceptors (Lipinski definition) is 3. The molecule has 0 aliphatic carbocycles. The van der Waals surface area contributed by atoms with Crippen molar-refractivity contribution in [2.45, 2.75) is 77.6 Å². The van der Waals surface area contributed by atoms with Gasteiger partial charge in [0.2, 0.25) is 0 Å². The topological polar surface area (TPSA) is 35.5 Å². The molecular weight excluding hydrogens is 300 g/mol. The van der Waals surface area contributed by atoms with Crippen LogP contribution in [0.2, 0.25) is 0 Å². The molecule has 0 unspecified atom stereocenters. The van der Waals surface area contributed by atoms with Crippen molar-refractivity contribution in [3.63, 3.8) is 0 Å². The SMILES string of the molecule is CCCCCOC(=O)OCCCCCCCCCc1ccccc1. The van der Waals surface area contributed by atoms with Crippen LogP contribution in [0.3, 0.4) is 0 Å². The van der Waals surface area contributed by atoms with E-state index >= 15 is 0 Å². The number of carbonyl (C=O) groups is 1. The minimum absolute atomic E-state index is 0.482. The molecule has 0 aliphatic heterocycles. The zero-order valence-electron chi connectivity index (χ0n) is 15.3. The number of unbranched alkanes of at least 4 members (excludes halogenated alkanes) is 8. The van der Waals surface area contributed by atoms with Gasteiger partial charge in [-0.15, -0.1) is 0 Å². The minimum atomic E-state index is -0.507. The van der Waals surface area contributed by atoms with Crippen molar-refractivity contribution >= 4 is 6.16 Å². The van der Waals surface area contributed by atoms with E-state index in [4.69, 9.17) is 9.47 Å². The number of benzene rings is 1. The highest BCUT2D eigenvalue weighted by Crippen LogP contribution is 2.10. The Morgan fingerprint density at radius 1 is 0.750 bits per heavy atom. The lowest BCUT2D eigenvalue weighted by molar-refractivity contribution is 0.0530. The highest BCUT2D eigenvalue weighted by Gasteiger charge is 2.02. The quantitative estimate of drug-likeness (QED) is 0.296. The minimum Gasteiger partial charge on any atom is -0.434 e. The fraction of sp³-hybridized carbons (Fsp3) is 0.667. The summed E-state index contributed by atoms with van der Waals surface area (Å²) in [6.45, 7) is 3.10. The molecule has 0 fully saturated rings. The van der Waals surface area contributed by atoms with E-state index in [1.165, 1.54) is 44.1 Å². The Labute approximate surface area is 147 Å². The van der Waals surface area contributed by atoms with Gasteiger partial charge in [-0.25, -0.2) is 4.79 Å². The molecule has 0 amide bonds. The van der Waals surface area contributed by atoms with E-state index in [0.717, 1.165) is 32.1 Å². The van der Waals surface area contributed by atoms with Gasteiger partial charge in [0, 0.05) is 0 Å². The van der Waals surface area contributed by atoms with Crippen LogP contribution in [-0.2, 0) is 15.9 Å². The van der Waals surface area contributed by atoms with Gasteiger partial charge in [-0.3, -0.25) is 0 Å². The summed E-state index contributed by atoms with van der Waals surface area (Å²) in [6, 6.07) is 10.7. The number of aryl methyl sites for hydroxylation is 1. The molecule has 24 heavy (non-hydrogen) atoms. The number of hydrogen-bond donors (Lipinski definition) is 0. The lowest BCUT2D eigenvalue weighted by Crippen LogP contribution is -2.09. The molecule has 0 saturated heterocycles. The van der Waals surface area contributed by atoms with Crippen LogP contribution in [0.1, 0.15) is 76.7 Å². The maximum Gasteiger partial charge on any atom is 0.508 e. The van der Waals surface area contributed by atoms with E-state index in [1.807, 2.05) is 0 Å². The Hall–Kier alpha value is -1.51. The van der Waals surface area contributed by atoms with Gasteiger partial charge >= 0.3 is 6.16 Å². The molecule has 0 bridgehead atoms. The smallest absolute Gasteiger partial charge is 0.434 e. The number of rotatable bonds is 14. The van der Waals surface area contributed by atoms with Gasteiger partial charge in [-0.05, 0) is 31.2 Å². The molecular formula is C21H34O3. The average molecular weight is 334 g/mol. The maximum absolute atomic E-state index is 11.3. The zero-order chi connectivity index (χ0) is 17.3. The van der Waals surface area contributed by atoms with Crippen LogP contribution >= 0.6 is 0 Å². The van der Waals surface area contributed by atoms with Crippen molar-refractivity contribution in [2.24, 2.45) is 0 Å². The van der Waals surface area contributed by atoms with Crippen LogP contribution in [0.5, 0.6) is 0 Å². The van der Waals surface area contributed by atoms with Crippen molar-refractivity contribution < 1.29 is 14.3 Å². The standard InChI is InChI=1S/C21H34O3/c1-2-3-13-18-23-21(22)24-19-14-8-6-4-5-7-10-15-20-16-11-9-12-17-20/h9,11-12,16-17H,2-8,10,13-15,18-19H2,1H3. The van der Waals surface area contributed by atoms with Crippen LogP contribution in [0, 0.1) is 0 Å². The molecule has 1 rings (SSSR count). The monoisotopic (exact) mass is 334 g/mol. The first-order valence-corrected chi connectivity index (χ1v) is 9.66. The normalized spacial score (nSPS) is 10.5. The molecule has 3 heteroatoms. The third-order valence-corrected chi connectivity index (χ3v) is 4.14. The zero-order valence-corrected chi connectivity index (χ0v) is 15.3. The lowest BCUT2D eigenvalue weighted by atomic mass is 10.0. The largest absolute Gasteiger partial charge is 0.508 e. The lowest BCUT2D eigenvalue weighted by Gasteiger charge is -2.06. The van der Waals surface area contributed by atoms with Gasteiger partial charge in [-0.2, -0.15) is 0 Å². The van der Waals surface area contributed by atoms with E-state index in [9.17, 15) is 4.79 Å². The summed E-state index contributed by atoms with van der Waals surface area (Å²) in [4.78, 5) is 11.3. The first-order chi connectivity index (χ1) is 11.8. The molecule has 0 heterocycles. The summed E-state index contributed by atoms with van der Waals surface area (Å²) in [5, 5.41) is 0. The van der Waals surface area contributed by atoms with Crippen LogP contribution in [0.25, 0.3) is 0 Å². The predicted molar refractivity (Wildman–Crippen MR) is 99.3 cm³/mol. The average Bonchev–Trinajstić information content (AvgIpc) is 2.61. The van der Waals surface area contributed by atoms with E-state index in [2.05, 4.69) is 37.3 Å². The molecule has 0 spiro atoms. The summed E-state index contributed by atoms with van der Waals surface area (Å²) in [5.41, 5.74) is 1.44. The molecule has 0 atom stereocenters. The first-order valence-electron chi connectivity index (χ1n) is 9.66. The number of ether oxygens (including phenoxy) is 2. The highest BCUT2D eigenvalue weighted by molar-refractivity contribution is 5.59. The van der Waals surface area contributed by atoms with Gasteiger partial charge in [0.25, 0.3) is 0 Å². The molecule has 0 aliphatic rings.